The van der Waals surface area contributed by atoms with Crippen LogP contribution in [0.4, 0.5) is 5.69 Å². The van der Waals surface area contributed by atoms with Crippen LogP contribution in [0.5, 0.6) is 11.5 Å². The number of benzene rings is 2. The van der Waals surface area contributed by atoms with Gasteiger partial charge in [-0.3, -0.25) is 9.59 Å². The van der Waals surface area contributed by atoms with E-state index in [4.69, 9.17) is 14.2 Å². The summed E-state index contributed by atoms with van der Waals surface area (Å²) in [6, 6.07) is 12.3. The van der Waals surface area contributed by atoms with Crippen molar-refractivity contribution < 1.29 is 23.8 Å². The van der Waals surface area contributed by atoms with E-state index in [-0.39, 0.29) is 25.0 Å². The lowest BCUT2D eigenvalue weighted by Gasteiger charge is -2.34. The van der Waals surface area contributed by atoms with E-state index in [2.05, 4.69) is 5.32 Å². The average Bonchev–Trinajstić information content (AvgIpc) is 2.70. The SMILES string of the molecule is COc1cc(NC(=O)[C@@H]2COCC(=O)N2Cc2ccc(C)cc2)cc(OC)c1. The Morgan fingerprint density at radius 1 is 1.14 bits per heavy atom. The van der Waals surface area contributed by atoms with Crippen molar-refractivity contribution in [3.8, 4) is 11.5 Å². The first-order chi connectivity index (χ1) is 13.5. The summed E-state index contributed by atoms with van der Waals surface area (Å²) in [7, 11) is 3.08. The zero-order chi connectivity index (χ0) is 20.1. The molecule has 0 saturated carbocycles. The van der Waals surface area contributed by atoms with E-state index < -0.39 is 6.04 Å². The summed E-state index contributed by atoms with van der Waals surface area (Å²) < 4.78 is 15.8. The van der Waals surface area contributed by atoms with Gasteiger partial charge in [-0.25, -0.2) is 0 Å². The predicted octanol–water partition coefficient (Wildman–Crippen LogP) is 2.38. The molecule has 0 bridgehead atoms. The van der Waals surface area contributed by atoms with Gasteiger partial charge in [0, 0.05) is 30.4 Å². The minimum Gasteiger partial charge on any atom is -0.497 e. The molecule has 28 heavy (non-hydrogen) atoms. The molecular weight excluding hydrogens is 360 g/mol. The number of nitrogens with zero attached hydrogens (tertiary/aromatic N) is 1. The molecule has 7 nitrogen and oxygen atoms in total. The number of anilines is 1. The first-order valence-corrected chi connectivity index (χ1v) is 8.97. The van der Waals surface area contributed by atoms with E-state index in [1.165, 1.54) is 14.2 Å². The first-order valence-electron chi connectivity index (χ1n) is 8.97. The maximum atomic E-state index is 12.9. The summed E-state index contributed by atoms with van der Waals surface area (Å²) >= 11 is 0. The third-order valence-corrected chi connectivity index (χ3v) is 4.59. The molecule has 0 unspecified atom stereocenters. The van der Waals surface area contributed by atoms with Gasteiger partial charge in [-0.05, 0) is 12.5 Å². The van der Waals surface area contributed by atoms with Crippen molar-refractivity contribution in [1.82, 2.24) is 4.90 Å². The van der Waals surface area contributed by atoms with Gasteiger partial charge in [0.2, 0.25) is 11.8 Å². The summed E-state index contributed by atoms with van der Waals surface area (Å²) in [5.74, 6) is 0.579. The molecule has 7 heteroatoms. The Hall–Kier alpha value is -3.06. The van der Waals surface area contributed by atoms with E-state index >= 15 is 0 Å². The molecule has 148 valence electrons. The van der Waals surface area contributed by atoms with Crippen LogP contribution in [-0.4, -0.2) is 50.2 Å². The standard InChI is InChI=1S/C21H24N2O5/c1-14-4-6-15(7-5-14)11-23-19(12-28-13-20(23)24)21(25)22-16-8-17(26-2)10-18(9-16)27-3/h4-10,19H,11-13H2,1-3H3,(H,22,25)/t19-/m0/s1. The van der Waals surface area contributed by atoms with E-state index in [0.29, 0.717) is 23.7 Å². The molecule has 3 rings (SSSR count). The minimum absolute atomic E-state index is 0.0252. The number of amides is 2. The molecule has 0 aromatic heterocycles. The fraction of sp³-hybridized carbons (Fsp3) is 0.333. The number of carbonyl (C=O) groups excluding carboxylic acids is 2. The van der Waals surface area contributed by atoms with Crippen LogP contribution in [0.15, 0.2) is 42.5 Å². The Morgan fingerprint density at radius 2 is 1.79 bits per heavy atom. The number of aryl methyl sites for hydroxylation is 1. The van der Waals surface area contributed by atoms with Gasteiger partial charge in [0.1, 0.15) is 24.1 Å². The molecule has 1 heterocycles. The lowest BCUT2D eigenvalue weighted by atomic mass is 10.1. The molecule has 1 aliphatic rings. The molecule has 0 spiro atoms. The molecule has 0 radical (unpaired) electrons. The molecule has 1 N–H and O–H groups in total. The number of carbonyl (C=O) groups is 2. The van der Waals surface area contributed by atoms with Gasteiger partial charge in [0.25, 0.3) is 0 Å². The minimum atomic E-state index is -0.722. The van der Waals surface area contributed by atoms with Crippen LogP contribution in [0.2, 0.25) is 0 Å². The number of hydrogen-bond acceptors (Lipinski definition) is 5. The molecule has 2 aromatic rings. The summed E-state index contributed by atoms with van der Waals surface area (Å²) in [6.07, 6.45) is 0. The Labute approximate surface area is 164 Å². The van der Waals surface area contributed by atoms with Crippen LogP contribution >= 0.6 is 0 Å². The fourth-order valence-corrected chi connectivity index (χ4v) is 3.02. The van der Waals surface area contributed by atoms with Crippen LogP contribution in [0.1, 0.15) is 11.1 Å². The van der Waals surface area contributed by atoms with Crippen molar-refractivity contribution in [3.63, 3.8) is 0 Å². The third-order valence-electron chi connectivity index (χ3n) is 4.59. The normalized spacial score (nSPS) is 16.6. The second kappa shape index (κ2) is 8.75. The Morgan fingerprint density at radius 3 is 2.39 bits per heavy atom. The second-order valence-corrected chi connectivity index (χ2v) is 6.63. The average molecular weight is 384 g/mol. The van der Waals surface area contributed by atoms with Crippen molar-refractivity contribution in [1.29, 1.82) is 0 Å². The highest BCUT2D eigenvalue weighted by atomic mass is 16.5. The quantitative estimate of drug-likeness (QED) is 0.828. The fourth-order valence-electron chi connectivity index (χ4n) is 3.02. The van der Waals surface area contributed by atoms with Gasteiger partial charge in [-0.1, -0.05) is 29.8 Å². The molecule has 0 aliphatic carbocycles. The van der Waals surface area contributed by atoms with Crippen LogP contribution in [-0.2, 0) is 20.9 Å². The van der Waals surface area contributed by atoms with Crippen LogP contribution < -0.4 is 14.8 Å². The smallest absolute Gasteiger partial charge is 0.249 e. The summed E-state index contributed by atoms with van der Waals surface area (Å²) in [6.45, 7) is 2.47. The van der Waals surface area contributed by atoms with Gasteiger partial charge in [-0.2, -0.15) is 0 Å². The molecular formula is C21H24N2O5. The predicted molar refractivity (Wildman–Crippen MR) is 105 cm³/mol. The molecule has 1 atom stereocenters. The molecule has 2 aromatic carbocycles. The maximum Gasteiger partial charge on any atom is 0.249 e. The van der Waals surface area contributed by atoms with Crippen molar-refractivity contribution in [2.45, 2.75) is 19.5 Å². The van der Waals surface area contributed by atoms with Gasteiger partial charge in [-0.15, -0.1) is 0 Å². The Bertz CT molecular complexity index is 828. The monoisotopic (exact) mass is 384 g/mol. The summed E-state index contributed by atoms with van der Waals surface area (Å²) in [5.41, 5.74) is 2.62. The molecule has 1 saturated heterocycles. The Balaban J connectivity index is 1.78. The molecule has 1 fully saturated rings. The van der Waals surface area contributed by atoms with E-state index in [1.807, 2.05) is 31.2 Å². The number of rotatable bonds is 6. The van der Waals surface area contributed by atoms with E-state index in [1.54, 1.807) is 23.1 Å². The third kappa shape index (κ3) is 4.61. The first kappa shape index (κ1) is 19.7. The van der Waals surface area contributed by atoms with Crippen molar-refractivity contribution >= 4 is 17.5 Å². The summed E-state index contributed by atoms with van der Waals surface area (Å²) in [4.78, 5) is 26.9. The number of nitrogens with one attached hydrogen (secondary N) is 1. The van der Waals surface area contributed by atoms with Gasteiger partial charge < -0.3 is 24.4 Å². The van der Waals surface area contributed by atoms with E-state index in [0.717, 1.165) is 11.1 Å². The number of methoxy groups -OCH3 is 2. The Kier molecular flexibility index (Phi) is 6.16. The second-order valence-electron chi connectivity index (χ2n) is 6.63. The lowest BCUT2D eigenvalue weighted by molar-refractivity contribution is -0.154. The van der Waals surface area contributed by atoms with Gasteiger partial charge in [0.05, 0.1) is 20.8 Å². The lowest BCUT2D eigenvalue weighted by Crippen LogP contribution is -2.54. The van der Waals surface area contributed by atoms with Crippen molar-refractivity contribution in [2.24, 2.45) is 0 Å². The van der Waals surface area contributed by atoms with E-state index in [9.17, 15) is 9.59 Å². The zero-order valence-corrected chi connectivity index (χ0v) is 16.2. The van der Waals surface area contributed by atoms with Crippen LogP contribution in [0.25, 0.3) is 0 Å². The highest BCUT2D eigenvalue weighted by Crippen LogP contribution is 2.26. The number of hydrogen-bond donors (Lipinski definition) is 1. The molecule has 1 aliphatic heterocycles. The summed E-state index contributed by atoms with van der Waals surface area (Å²) in [5, 5.41) is 2.83. The largest absolute Gasteiger partial charge is 0.497 e. The number of ether oxygens (including phenoxy) is 3. The van der Waals surface area contributed by atoms with Crippen LogP contribution in [0, 0.1) is 6.92 Å². The van der Waals surface area contributed by atoms with Gasteiger partial charge in [0.15, 0.2) is 0 Å². The highest BCUT2D eigenvalue weighted by Gasteiger charge is 2.34. The number of morpholine rings is 1. The topological polar surface area (TPSA) is 77.1 Å². The van der Waals surface area contributed by atoms with Gasteiger partial charge >= 0.3 is 0 Å². The maximum absolute atomic E-state index is 12.9. The highest BCUT2D eigenvalue weighted by molar-refractivity contribution is 5.98. The zero-order valence-electron chi connectivity index (χ0n) is 16.2. The van der Waals surface area contributed by atoms with Crippen LogP contribution in [0.3, 0.4) is 0 Å². The molecule has 2 amide bonds. The van der Waals surface area contributed by atoms with Crippen molar-refractivity contribution in [3.05, 3.63) is 53.6 Å². The van der Waals surface area contributed by atoms with Crippen molar-refractivity contribution in [2.75, 3.05) is 32.8 Å².